The molecule has 3 aromatic rings. The number of aromatic nitrogens is 1. The van der Waals surface area contributed by atoms with Gasteiger partial charge in [0.1, 0.15) is 30.2 Å². The van der Waals surface area contributed by atoms with E-state index in [9.17, 15) is 43.2 Å². The molecule has 5 atom stereocenters. The van der Waals surface area contributed by atoms with Gasteiger partial charge in [0, 0.05) is 62.9 Å². The number of guanidine groups is 2. The molecule has 1 aliphatic rings. The zero-order chi connectivity index (χ0) is 56.4. The zero-order valence-corrected chi connectivity index (χ0v) is 43.7. The van der Waals surface area contributed by atoms with E-state index in [1.54, 1.807) is 36.5 Å². The van der Waals surface area contributed by atoms with Crippen LogP contribution in [0.1, 0.15) is 89.7 Å². The molecule has 1 fully saturated rings. The van der Waals surface area contributed by atoms with Gasteiger partial charge in [-0.05, 0) is 75.1 Å². The van der Waals surface area contributed by atoms with Gasteiger partial charge in [-0.15, -0.1) is 0 Å². The van der Waals surface area contributed by atoms with Crippen molar-refractivity contribution in [3.05, 3.63) is 71.9 Å². The summed E-state index contributed by atoms with van der Waals surface area (Å²) in [5.74, 6) is -5.98. The summed E-state index contributed by atoms with van der Waals surface area (Å²) in [4.78, 5) is 129. The van der Waals surface area contributed by atoms with Crippen LogP contribution in [-0.2, 0) is 56.0 Å². The van der Waals surface area contributed by atoms with Crippen molar-refractivity contribution in [3.8, 4) is 0 Å². The van der Waals surface area contributed by atoms with Gasteiger partial charge >= 0.3 is 0 Å². The summed E-state index contributed by atoms with van der Waals surface area (Å²) in [6.07, 6.45) is 4.41. The number of H-pyrrole nitrogens is 1. The first kappa shape index (κ1) is 63.8. The molecule has 418 valence electrons. The summed E-state index contributed by atoms with van der Waals surface area (Å²) >= 11 is 0. The van der Waals surface area contributed by atoms with Gasteiger partial charge in [-0.3, -0.25) is 53.1 Å². The quantitative estimate of drug-likeness (QED) is 0.0394. The lowest BCUT2D eigenvalue weighted by Crippen LogP contribution is -2.58. The minimum atomic E-state index is -1.33. The molecule has 0 radical (unpaired) electrons. The van der Waals surface area contributed by atoms with Crippen LogP contribution in [0.5, 0.6) is 0 Å². The number of benzene rings is 2. The molecule has 9 amide bonds. The molecule has 21 N–H and O–H groups in total. The van der Waals surface area contributed by atoms with Crippen LogP contribution >= 0.6 is 0 Å². The first-order chi connectivity index (χ1) is 36.3. The molecular formula is C50H79N17O9. The van der Waals surface area contributed by atoms with E-state index in [1.165, 1.54) is 6.92 Å². The van der Waals surface area contributed by atoms with Crippen LogP contribution in [0.25, 0.3) is 10.9 Å². The summed E-state index contributed by atoms with van der Waals surface area (Å²) < 4.78 is 0. The molecule has 76 heavy (non-hydrogen) atoms. The number of amides is 9. The third kappa shape index (κ3) is 26.1. The molecule has 0 spiro atoms. The molecule has 2 heterocycles. The average molecular weight is 1060 g/mol. The summed E-state index contributed by atoms with van der Waals surface area (Å²) in [6.45, 7) is 6.02. The molecule has 0 aliphatic carbocycles. The highest BCUT2D eigenvalue weighted by Crippen LogP contribution is 2.19. The molecule has 26 heteroatoms. The lowest BCUT2D eigenvalue weighted by molar-refractivity contribution is -0.134. The summed E-state index contributed by atoms with van der Waals surface area (Å²) in [5.41, 5.74) is 33.5. The first-order valence-corrected chi connectivity index (χ1v) is 25.3. The third-order valence-electron chi connectivity index (χ3n) is 11.2. The Kier molecular flexibility index (Phi) is 30.1. The van der Waals surface area contributed by atoms with Crippen molar-refractivity contribution in [2.24, 2.45) is 44.4 Å². The predicted octanol–water partition coefficient (Wildman–Crippen LogP) is -2.73. The fraction of sp³-hybridized carbons (Fsp3) is 0.500. The smallest absolute Gasteiger partial charge is 0.243 e. The number of aliphatic imine (C=N–C) groups is 2. The standard InChI is InChI=1S/C42H57N11O9.2C4H11N3/c1-25(54)46-23-36(56)49-32-16-17-35(55)45-19-9-15-30(38(44)58)51-42(62)34(21-27-22-47-29-13-6-5-12-28(27)29)50-37(57)24-48-39(59)33(20-26-10-3-2-4-11-26)53-40(60)31(52-41(32)61)14-7-8-18-43;2*1-2-3-7-4(5)6/h2-6,10-13,22,30-34,47H,7-9,14-21,23-24,43H2,1H3,(H2,44,58)(H,45,55)(H,46,54)(H,48,59)(H,49,56)(H,50,57)(H,51,62)(H,52,61)(H,53,60);2*2-3H2,1H3,(H4,5,6,7)/t30?,31-,32?,33?,34-;;/m0../s1. The molecule has 1 saturated heterocycles. The number of primary amides is 1. The van der Waals surface area contributed by atoms with Crippen LogP contribution in [0.3, 0.4) is 0 Å². The van der Waals surface area contributed by atoms with E-state index < -0.39 is 96.5 Å². The van der Waals surface area contributed by atoms with Crippen molar-refractivity contribution in [1.82, 2.24) is 47.5 Å². The maximum Gasteiger partial charge on any atom is 0.243 e. The van der Waals surface area contributed by atoms with Gasteiger partial charge in [0.15, 0.2) is 11.9 Å². The van der Waals surface area contributed by atoms with E-state index in [0.29, 0.717) is 30.5 Å². The topological polar surface area (TPSA) is 446 Å². The Morgan fingerprint density at radius 2 is 1.30 bits per heavy atom. The largest absolute Gasteiger partial charge is 0.370 e. The lowest BCUT2D eigenvalue weighted by atomic mass is 10.0. The number of para-hydroxylation sites is 1. The van der Waals surface area contributed by atoms with Crippen LogP contribution in [-0.4, -0.2) is 140 Å². The summed E-state index contributed by atoms with van der Waals surface area (Å²) in [5, 5.41) is 21.5. The maximum atomic E-state index is 14.0. The maximum absolute atomic E-state index is 14.0. The molecular weight excluding hydrogens is 983 g/mol. The molecule has 0 saturated carbocycles. The minimum Gasteiger partial charge on any atom is -0.370 e. The molecule has 1 aliphatic heterocycles. The van der Waals surface area contributed by atoms with Crippen molar-refractivity contribution in [1.29, 1.82) is 0 Å². The number of aromatic amines is 1. The fourth-order valence-corrected chi connectivity index (χ4v) is 7.29. The van der Waals surface area contributed by atoms with Crippen molar-refractivity contribution < 1.29 is 43.2 Å². The van der Waals surface area contributed by atoms with Gasteiger partial charge in [0.25, 0.3) is 0 Å². The average Bonchev–Trinajstić information content (AvgIpc) is 3.80. The Balaban J connectivity index is 0.00000124. The SMILES string of the molecule is CC(=O)NCC(=O)NC1CCC(=O)NCCCC(C(N)=O)NC(=O)[C@H](Cc2c[nH]c3ccccc23)NC(=O)CNC(=O)C(Cc2ccccc2)NC(=O)[C@H](CCCCN)NC1=O.CCCN=C(N)N.CCCN=C(N)N. The molecule has 3 unspecified atom stereocenters. The van der Waals surface area contributed by atoms with Gasteiger partial charge in [-0.1, -0.05) is 62.4 Å². The Morgan fingerprint density at radius 3 is 1.91 bits per heavy atom. The highest BCUT2D eigenvalue weighted by Gasteiger charge is 2.32. The Labute approximate surface area is 442 Å². The van der Waals surface area contributed by atoms with E-state index in [1.807, 2.05) is 38.1 Å². The number of nitrogens with one attached hydrogen (secondary N) is 9. The summed E-state index contributed by atoms with van der Waals surface area (Å²) in [7, 11) is 0. The van der Waals surface area contributed by atoms with Crippen LogP contribution in [0, 0.1) is 0 Å². The van der Waals surface area contributed by atoms with Gasteiger partial charge in [0.05, 0.1) is 13.1 Å². The number of carbonyl (C=O) groups is 9. The van der Waals surface area contributed by atoms with Gasteiger partial charge in [0.2, 0.25) is 53.2 Å². The van der Waals surface area contributed by atoms with Crippen molar-refractivity contribution in [2.75, 3.05) is 39.3 Å². The second-order valence-corrected chi connectivity index (χ2v) is 17.6. The zero-order valence-electron chi connectivity index (χ0n) is 43.7. The van der Waals surface area contributed by atoms with E-state index in [4.69, 9.17) is 34.4 Å². The van der Waals surface area contributed by atoms with Crippen LogP contribution in [0.2, 0.25) is 0 Å². The van der Waals surface area contributed by atoms with Crippen LogP contribution in [0.4, 0.5) is 0 Å². The number of carbonyl (C=O) groups excluding carboxylic acids is 9. The Morgan fingerprint density at radius 1 is 0.684 bits per heavy atom. The number of rotatable bonds is 16. The molecule has 1 aromatic heterocycles. The number of hydrogen-bond donors (Lipinski definition) is 15. The molecule has 26 nitrogen and oxygen atoms in total. The number of nitrogens with two attached hydrogens (primary N) is 6. The predicted molar refractivity (Wildman–Crippen MR) is 289 cm³/mol. The highest BCUT2D eigenvalue weighted by molar-refractivity contribution is 5.97. The van der Waals surface area contributed by atoms with Gasteiger partial charge in [-0.2, -0.15) is 0 Å². The highest BCUT2D eigenvalue weighted by atomic mass is 16.2. The summed E-state index contributed by atoms with van der Waals surface area (Å²) in [6, 6.07) is 9.89. The van der Waals surface area contributed by atoms with E-state index >= 15 is 0 Å². The Hall–Kier alpha value is -8.29. The van der Waals surface area contributed by atoms with E-state index in [0.717, 1.165) is 36.8 Å². The van der Waals surface area contributed by atoms with Gasteiger partial charge < -0.3 is 81.9 Å². The van der Waals surface area contributed by atoms with Crippen LogP contribution in [0.15, 0.2) is 70.8 Å². The van der Waals surface area contributed by atoms with Crippen molar-refractivity contribution in [2.45, 2.75) is 122 Å². The Bertz CT molecular complexity index is 2390. The third-order valence-corrected chi connectivity index (χ3v) is 11.2. The molecule has 4 rings (SSSR count). The molecule has 2 aromatic carbocycles. The van der Waals surface area contributed by atoms with E-state index in [2.05, 4.69) is 57.5 Å². The van der Waals surface area contributed by atoms with Crippen LogP contribution < -0.4 is 76.9 Å². The van der Waals surface area contributed by atoms with Crippen molar-refractivity contribution >= 4 is 76.0 Å². The molecule has 0 bridgehead atoms. The minimum absolute atomic E-state index is 0.00425. The second-order valence-electron chi connectivity index (χ2n) is 17.6. The number of fused-ring (bicyclic) bond motifs is 1. The lowest BCUT2D eigenvalue weighted by Gasteiger charge is -2.26. The number of hydrogen-bond acceptors (Lipinski definition) is 12. The van der Waals surface area contributed by atoms with E-state index in [-0.39, 0.29) is 63.4 Å². The normalized spacial score (nSPS) is 19.1. The van der Waals surface area contributed by atoms with Crippen molar-refractivity contribution in [3.63, 3.8) is 0 Å². The monoisotopic (exact) mass is 1060 g/mol. The van der Waals surface area contributed by atoms with Gasteiger partial charge in [-0.25, -0.2) is 0 Å². The first-order valence-electron chi connectivity index (χ1n) is 25.3. The number of nitrogens with zero attached hydrogens (tertiary/aromatic N) is 2. The number of unbranched alkanes of at least 4 members (excludes halogenated alkanes) is 1. The fourth-order valence-electron chi connectivity index (χ4n) is 7.29. The second kappa shape index (κ2) is 35.8.